The Balaban J connectivity index is 1.50. The zero-order valence-corrected chi connectivity index (χ0v) is 16.8. The van der Waals surface area contributed by atoms with E-state index in [1.807, 2.05) is 67.6 Å². The number of rotatable bonds is 6. The third-order valence-electron chi connectivity index (χ3n) is 4.37. The predicted octanol–water partition coefficient (Wildman–Crippen LogP) is 3.84. The fourth-order valence-corrected chi connectivity index (χ4v) is 3.49. The molecule has 2 aromatic heterocycles. The van der Waals surface area contributed by atoms with Crippen molar-refractivity contribution in [2.24, 2.45) is 0 Å². The van der Waals surface area contributed by atoms with Gasteiger partial charge in [0.2, 0.25) is 11.1 Å². The van der Waals surface area contributed by atoms with Crippen LogP contribution in [0, 0.1) is 6.92 Å². The summed E-state index contributed by atoms with van der Waals surface area (Å²) in [5.41, 5.74) is 4.19. The summed E-state index contributed by atoms with van der Waals surface area (Å²) in [6, 6.07) is 19.1. The van der Waals surface area contributed by atoms with Gasteiger partial charge in [-0.15, -0.1) is 10.2 Å². The van der Waals surface area contributed by atoms with E-state index < -0.39 is 0 Å². The molecule has 0 aliphatic heterocycles. The van der Waals surface area contributed by atoms with Crippen LogP contribution in [-0.2, 0) is 4.79 Å². The van der Waals surface area contributed by atoms with E-state index in [-0.39, 0.29) is 11.7 Å². The Labute approximate surface area is 172 Å². The number of carbonyl (C=O) groups is 1. The van der Waals surface area contributed by atoms with Crippen molar-refractivity contribution in [3.63, 3.8) is 0 Å². The molecule has 0 saturated carbocycles. The average molecular weight is 405 g/mol. The lowest BCUT2D eigenvalue weighted by atomic mass is 10.1. The number of nitrogens with zero attached hydrogens (tertiary/aromatic N) is 4. The second-order valence-corrected chi connectivity index (χ2v) is 7.29. The molecule has 2 aromatic carbocycles. The van der Waals surface area contributed by atoms with Crippen LogP contribution in [0.1, 0.15) is 5.56 Å². The lowest BCUT2D eigenvalue weighted by molar-refractivity contribution is -0.113. The molecular weight excluding hydrogens is 386 g/mol. The molecule has 146 valence electrons. The standard InChI is InChI=1S/C21H19N5O2S/c1-14-5-3-4-6-17(14)22-20(27)13-29-21-24-23-19-12-11-18(25-26(19)21)15-7-9-16(28-2)10-8-15/h3-12H,13H2,1-2H3,(H,22,27). The lowest BCUT2D eigenvalue weighted by Gasteiger charge is -2.07. The first-order chi connectivity index (χ1) is 14.1. The van der Waals surface area contributed by atoms with E-state index in [9.17, 15) is 4.79 Å². The van der Waals surface area contributed by atoms with E-state index >= 15 is 0 Å². The maximum atomic E-state index is 12.3. The Morgan fingerprint density at radius 1 is 1.07 bits per heavy atom. The zero-order valence-electron chi connectivity index (χ0n) is 16.0. The van der Waals surface area contributed by atoms with Gasteiger partial charge in [0.1, 0.15) is 5.75 Å². The number of hydrogen-bond acceptors (Lipinski definition) is 6. The number of ether oxygens (including phenoxy) is 1. The first-order valence-electron chi connectivity index (χ1n) is 8.99. The number of thioether (sulfide) groups is 1. The average Bonchev–Trinajstić information content (AvgIpc) is 3.16. The van der Waals surface area contributed by atoms with Crippen molar-refractivity contribution in [3.8, 4) is 17.0 Å². The van der Waals surface area contributed by atoms with Crippen molar-refractivity contribution < 1.29 is 9.53 Å². The third-order valence-corrected chi connectivity index (χ3v) is 5.29. The Hall–Kier alpha value is -3.39. The molecule has 0 atom stereocenters. The predicted molar refractivity (Wildman–Crippen MR) is 113 cm³/mol. The van der Waals surface area contributed by atoms with Gasteiger partial charge in [-0.05, 0) is 55.0 Å². The fourth-order valence-electron chi connectivity index (χ4n) is 2.80. The number of anilines is 1. The van der Waals surface area contributed by atoms with E-state index in [1.165, 1.54) is 11.8 Å². The number of fused-ring (bicyclic) bond motifs is 1. The van der Waals surface area contributed by atoms with Crippen molar-refractivity contribution in [1.29, 1.82) is 0 Å². The topological polar surface area (TPSA) is 81.4 Å². The van der Waals surface area contributed by atoms with E-state index in [1.54, 1.807) is 11.6 Å². The molecule has 2 heterocycles. The molecule has 0 saturated heterocycles. The molecule has 0 aliphatic carbocycles. The molecule has 0 fully saturated rings. The number of para-hydroxylation sites is 1. The Morgan fingerprint density at radius 3 is 2.62 bits per heavy atom. The maximum absolute atomic E-state index is 12.3. The number of benzene rings is 2. The van der Waals surface area contributed by atoms with Gasteiger partial charge in [-0.1, -0.05) is 30.0 Å². The van der Waals surface area contributed by atoms with Crippen LogP contribution in [0.3, 0.4) is 0 Å². The molecule has 8 heteroatoms. The van der Waals surface area contributed by atoms with Gasteiger partial charge in [-0.2, -0.15) is 9.61 Å². The molecule has 0 radical (unpaired) electrons. The molecule has 4 rings (SSSR count). The SMILES string of the molecule is COc1ccc(-c2ccc3nnc(SCC(=O)Nc4ccccc4C)n3n2)cc1. The second kappa shape index (κ2) is 8.32. The quantitative estimate of drug-likeness (QED) is 0.491. The van der Waals surface area contributed by atoms with Crippen molar-refractivity contribution in [1.82, 2.24) is 19.8 Å². The van der Waals surface area contributed by atoms with Crippen LogP contribution in [0.4, 0.5) is 5.69 Å². The summed E-state index contributed by atoms with van der Waals surface area (Å²) in [6.45, 7) is 1.96. The summed E-state index contributed by atoms with van der Waals surface area (Å²) in [5.74, 6) is 0.895. The van der Waals surface area contributed by atoms with Crippen LogP contribution in [0.2, 0.25) is 0 Å². The Morgan fingerprint density at radius 2 is 1.86 bits per heavy atom. The zero-order chi connectivity index (χ0) is 20.2. The van der Waals surface area contributed by atoms with Crippen LogP contribution >= 0.6 is 11.8 Å². The van der Waals surface area contributed by atoms with E-state index in [0.29, 0.717) is 10.8 Å². The molecule has 4 aromatic rings. The molecule has 0 spiro atoms. The number of aryl methyl sites for hydroxylation is 1. The number of nitrogens with one attached hydrogen (secondary N) is 1. The molecule has 1 N–H and O–H groups in total. The molecule has 0 bridgehead atoms. The molecule has 0 aliphatic rings. The summed E-state index contributed by atoms with van der Waals surface area (Å²) in [6.07, 6.45) is 0. The first-order valence-corrected chi connectivity index (χ1v) is 9.98. The first kappa shape index (κ1) is 18.9. The fraction of sp³-hybridized carbons (Fsp3) is 0.143. The maximum Gasteiger partial charge on any atom is 0.234 e. The Bertz CT molecular complexity index is 1160. The van der Waals surface area contributed by atoms with Gasteiger partial charge in [-0.3, -0.25) is 4.79 Å². The Kier molecular flexibility index (Phi) is 5.44. The van der Waals surface area contributed by atoms with E-state index in [4.69, 9.17) is 4.74 Å². The summed E-state index contributed by atoms with van der Waals surface area (Å²) in [5, 5.41) is 16.4. The number of aromatic nitrogens is 4. The summed E-state index contributed by atoms with van der Waals surface area (Å²) < 4.78 is 6.86. The minimum absolute atomic E-state index is 0.104. The number of hydrogen-bond donors (Lipinski definition) is 1. The third kappa shape index (κ3) is 4.22. The monoisotopic (exact) mass is 405 g/mol. The number of methoxy groups -OCH3 is 1. The van der Waals surface area contributed by atoms with Gasteiger partial charge < -0.3 is 10.1 Å². The van der Waals surface area contributed by atoms with Crippen molar-refractivity contribution in [2.45, 2.75) is 12.1 Å². The van der Waals surface area contributed by atoms with Gasteiger partial charge in [-0.25, -0.2) is 0 Å². The minimum Gasteiger partial charge on any atom is -0.497 e. The highest BCUT2D eigenvalue weighted by atomic mass is 32.2. The normalized spacial score (nSPS) is 10.8. The second-order valence-electron chi connectivity index (χ2n) is 6.35. The van der Waals surface area contributed by atoms with Crippen LogP contribution in [0.5, 0.6) is 5.75 Å². The summed E-state index contributed by atoms with van der Waals surface area (Å²) in [7, 11) is 1.63. The largest absolute Gasteiger partial charge is 0.497 e. The highest BCUT2D eigenvalue weighted by Gasteiger charge is 2.12. The highest BCUT2D eigenvalue weighted by molar-refractivity contribution is 7.99. The van der Waals surface area contributed by atoms with Gasteiger partial charge in [0.25, 0.3) is 0 Å². The van der Waals surface area contributed by atoms with Crippen molar-refractivity contribution >= 4 is 29.0 Å². The molecular formula is C21H19N5O2S. The lowest BCUT2D eigenvalue weighted by Crippen LogP contribution is -2.15. The van der Waals surface area contributed by atoms with Gasteiger partial charge in [0.15, 0.2) is 5.65 Å². The van der Waals surface area contributed by atoms with Gasteiger partial charge in [0.05, 0.1) is 18.6 Å². The van der Waals surface area contributed by atoms with Crippen molar-refractivity contribution in [2.75, 3.05) is 18.2 Å². The van der Waals surface area contributed by atoms with E-state index in [0.717, 1.165) is 28.3 Å². The number of amides is 1. The van der Waals surface area contributed by atoms with Crippen LogP contribution in [0.15, 0.2) is 65.8 Å². The van der Waals surface area contributed by atoms with E-state index in [2.05, 4.69) is 20.6 Å². The van der Waals surface area contributed by atoms with Crippen molar-refractivity contribution in [3.05, 3.63) is 66.2 Å². The smallest absolute Gasteiger partial charge is 0.234 e. The molecule has 29 heavy (non-hydrogen) atoms. The number of carbonyl (C=O) groups excluding carboxylic acids is 1. The summed E-state index contributed by atoms with van der Waals surface area (Å²) in [4.78, 5) is 12.3. The van der Waals surface area contributed by atoms with Crippen LogP contribution in [-0.4, -0.2) is 38.6 Å². The molecule has 0 unspecified atom stereocenters. The highest BCUT2D eigenvalue weighted by Crippen LogP contribution is 2.23. The van der Waals surface area contributed by atoms with Gasteiger partial charge in [0, 0.05) is 11.3 Å². The molecule has 7 nitrogen and oxygen atoms in total. The minimum atomic E-state index is -0.104. The van der Waals surface area contributed by atoms with Gasteiger partial charge >= 0.3 is 0 Å². The van der Waals surface area contributed by atoms with Crippen LogP contribution < -0.4 is 10.1 Å². The summed E-state index contributed by atoms with van der Waals surface area (Å²) >= 11 is 1.29. The molecule has 1 amide bonds. The van der Waals surface area contributed by atoms with Crippen LogP contribution in [0.25, 0.3) is 16.9 Å².